The summed E-state index contributed by atoms with van der Waals surface area (Å²) in [5.74, 6) is -0.0955. The van der Waals surface area contributed by atoms with Crippen LogP contribution in [0.5, 0.6) is 0 Å². The Morgan fingerprint density at radius 3 is 3.05 bits per heavy atom. The van der Waals surface area contributed by atoms with Crippen LogP contribution in [0.25, 0.3) is 0 Å². The van der Waals surface area contributed by atoms with E-state index in [-0.39, 0.29) is 17.4 Å². The van der Waals surface area contributed by atoms with Crippen LogP contribution in [-0.4, -0.2) is 60.8 Å². The molecule has 7 heteroatoms. The van der Waals surface area contributed by atoms with E-state index in [9.17, 15) is 9.59 Å². The Morgan fingerprint density at radius 1 is 1.35 bits per heavy atom. The van der Waals surface area contributed by atoms with Crippen LogP contribution >= 0.6 is 0 Å². The van der Waals surface area contributed by atoms with Crippen molar-refractivity contribution in [3.63, 3.8) is 0 Å². The van der Waals surface area contributed by atoms with Gasteiger partial charge in [0.05, 0.1) is 0 Å². The van der Waals surface area contributed by atoms with Gasteiger partial charge in [-0.15, -0.1) is 0 Å². The maximum absolute atomic E-state index is 12.4. The molecule has 7 nitrogen and oxygen atoms in total. The lowest BCUT2D eigenvalue weighted by molar-refractivity contribution is -0.124. The molecule has 0 bridgehead atoms. The molecule has 110 valence electrons. The summed E-state index contributed by atoms with van der Waals surface area (Å²) < 4.78 is 0. The van der Waals surface area contributed by atoms with Gasteiger partial charge < -0.3 is 20.4 Å². The Bertz CT molecular complexity index is 443. The monoisotopic (exact) mass is 280 g/mol. The van der Waals surface area contributed by atoms with Gasteiger partial charge in [0.1, 0.15) is 5.71 Å². The number of oxime groups is 1. The molecule has 3 rings (SSSR count). The molecular weight excluding hydrogens is 260 g/mol. The summed E-state index contributed by atoms with van der Waals surface area (Å²) in [7, 11) is 0. The van der Waals surface area contributed by atoms with Gasteiger partial charge in [-0.2, -0.15) is 0 Å². The molecule has 2 N–H and O–H groups in total. The first-order valence-corrected chi connectivity index (χ1v) is 7.20. The number of piperidine rings is 1. The topological polar surface area (TPSA) is 83.0 Å². The average molecular weight is 280 g/mol. The van der Waals surface area contributed by atoms with Crippen LogP contribution in [0.15, 0.2) is 5.16 Å². The lowest BCUT2D eigenvalue weighted by Crippen LogP contribution is -2.47. The van der Waals surface area contributed by atoms with Crippen molar-refractivity contribution < 1.29 is 14.4 Å². The summed E-state index contributed by atoms with van der Waals surface area (Å²) in [6.07, 6.45) is 2.89. The average Bonchev–Trinajstić information content (AvgIpc) is 2.73. The number of carbonyl (C=O) groups is 2. The largest absolute Gasteiger partial charge is 0.387 e. The molecule has 0 radical (unpaired) electrons. The molecule has 1 spiro atoms. The highest BCUT2D eigenvalue weighted by Gasteiger charge is 2.43. The molecule has 0 aliphatic carbocycles. The molecule has 0 unspecified atom stereocenters. The molecule has 3 aliphatic rings. The predicted molar refractivity (Wildman–Crippen MR) is 72.2 cm³/mol. The van der Waals surface area contributed by atoms with Crippen molar-refractivity contribution in [3.8, 4) is 0 Å². The highest BCUT2D eigenvalue weighted by molar-refractivity contribution is 6.39. The molecule has 0 saturated carbocycles. The Hall–Kier alpha value is -1.63. The molecule has 2 saturated heterocycles. The summed E-state index contributed by atoms with van der Waals surface area (Å²) in [4.78, 5) is 31.0. The van der Waals surface area contributed by atoms with E-state index in [1.165, 1.54) is 0 Å². The molecular formula is C13H20N4O3. The van der Waals surface area contributed by atoms with Crippen molar-refractivity contribution in [3.05, 3.63) is 0 Å². The first-order chi connectivity index (χ1) is 9.69. The number of hydrogen-bond donors (Lipinski definition) is 2. The molecule has 1 atom stereocenters. The molecule has 20 heavy (non-hydrogen) atoms. The highest BCUT2D eigenvalue weighted by atomic mass is 16.7. The van der Waals surface area contributed by atoms with Crippen LogP contribution in [0.2, 0.25) is 0 Å². The third-order valence-electron chi connectivity index (χ3n) is 4.12. The fraction of sp³-hybridized carbons (Fsp3) is 0.769. The summed E-state index contributed by atoms with van der Waals surface area (Å²) in [6.45, 7) is 3.23. The maximum atomic E-state index is 12.4. The number of nitrogens with one attached hydrogen (secondary N) is 2. The smallest absolute Gasteiger partial charge is 0.271 e. The Labute approximate surface area is 117 Å². The fourth-order valence-corrected chi connectivity index (χ4v) is 2.96. The van der Waals surface area contributed by atoms with Crippen LogP contribution in [0, 0.1) is 0 Å². The van der Waals surface area contributed by atoms with E-state index in [0.717, 1.165) is 25.9 Å². The predicted octanol–water partition coefficient (Wildman–Crippen LogP) is -0.767. The van der Waals surface area contributed by atoms with Gasteiger partial charge in [-0.1, -0.05) is 5.16 Å². The standard InChI is InChI=1S/C13H20N4O3/c18-11-2-6-17(7-5-15-11)12(19)10-8-13(20-16-10)3-1-4-14-9-13/h14H,1-9H2,(H,15,18)/t13-/m1/s1. The van der Waals surface area contributed by atoms with Gasteiger partial charge in [-0.3, -0.25) is 9.59 Å². The van der Waals surface area contributed by atoms with Crippen LogP contribution in [0.3, 0.4) is 0 Å². The number of nitrogens with zero attached hydrogens (tertiary/aromatic N) is 2. The number of hydrogen-bond acceptors (Lipinski definition) is 5. The van der Waals surface area contributed by atoms with Crippen molar-refractivity contribution in [2.45, 2.75) is 31.3 Å². The first-order valence-electron chi connectivity index (χ1n) is 7.20. The van der Waals surface area contributed by atoms with E-state index in [2.05, 4.69) is 15.8 Å². The van der Waals surface area contributed by atoms with Gasteiger partial charge in [0.2, 0.25) is 5.91 Å². The summed E-state index contributed by atoms with van der Waals surface area (Å²) in [5.41, 5.74) is 0.159. The molecule has 0 aromatic rings. The molecule has 3 heterocycles. The van der Waals surface area contributed by atoms with Crippen molar-refractivity contribution in [2.24, 2.45) is 5.16 Å². The van der Waals surface area contributed by atoms with E-state index < -0.39 is 0 Å². The highest BCUT2D eigenvalue weighted by Crippen LogP contribution is 2.30. The third-order valence-corrected chi connectivity index (χ3v) is 4.12. The fourth-order valence-electron chi connectivity index (χ4n) is 2.96. The minimum absolute atomic E-state index is 0.00198. The maximum Gasteiger partial charge on any atom is 0.271 e. The number of carbonyl (C=O) groups excluding carboxylic acids is 2. The van der Waals surface area contributed by atoms with E-state index in [0.29, 0.717) is 38.2 Å². The minimum atomic E-state index is -0.330. The van der Waals surface area contributed by atoms with Gasteiger partial charge >= 0.3 is 0 Å². The molecule has 0 aromatic carbocycles. The van der Waals surface area contributed by atoms with Crippen molar-refractivity contribution >= 4 is 17.5 Å². The van der Waals surface area contributed by atoms with Crippen molar-refractivity contribution in [1.82, 2.24) is 15.5 Å². The van der Waals surface area contributed by atoms with Gasteiger partial charge in [0.15, 0.2) is 5.60 Å². The van der Waals surface area contributed by atoms with Crippen LogP contribution in [-0.2, 0) is 14.4 Å². The molecule has 2 fully saturated rings. The second-order valence-corrected chi connectivity index (χ2v) is 5.66. The molecule has 0 aromatic heterocycles. The second-order valence-electron chi connectivity index (χ2n) is 5.66. The Kier molecular flexibility index (Phi) is 3.60. The summed E-state index contributed by atoms with van der Waals surface area (Å²) in [6, 6.07) is 0. The van der Waals surface area contributed by atoms with Gasteiger partial charge in [-0.05, 0) is 19.4 Å². The van der Waals surface area contributed by atoms with Crippen molar-refractivity contribution in [1.29, 1.82) is 0 Å². The van der Waals surface area contributed by atoms with Gasteiger partial charge in [-0.25, -0.2) is 0 Å². The van der Waals surface area contributed by atoms with Crippen LogP contribution < -0.4 is 10.6 Å². The van der Waals surface area contributed by atoms with E-state index in [4.69, 9.17) is 4.84 Å². The van der Waals surface area contributed by atoms with E-state index in [1.54, 1.807) is 4.90 Å². The SMILES string of the molecule is O=C1CCN(C(=O)C2=NO[C@]3(CCCNC3)C2)CCN1. The van der Waals surface area contributed by atoms with Gasteiger partial charge in [0, 0.05) is 39.0 Å². The number of amides is 2. The Balaban J connectivity index is 1.62. The lowest BCUT2D eigenvalue weighted by atomic mass is 9.89. The third kappa shape index (κ3) is 2.63. The molecule has 3 aliphatic heterocycles. The zero-order valence-electron chi connectivity index (χ0n) is 11.5. The van der Waals surface area contributed by atoms with Crippen LogP contribution in [0.4, 0.5) is 0 Å². The van der Waals surface area contributed by atoms with E-state index >= 15 is 0 Å². The molecule has 2 amide bonds. The van der Waals surface area contributed by atoms with Crippen LogP contribution in [0.1, 0.15) is 25.7 Å². The van der Waals surface area contributed by atoms with E-state index in [1.807, 2.05) is 0 Å². The van der Waals surface area contributed by atoms with Gasteiger partial charge in [0.25, 0.3) is 5.91 Å². The quantitative estimate of drug-likeness (QED) is 0.661. The lowest BCUT2D eigenvalue weighted by Gasteiger charge is -2.31. The zero-order chi connectivity index (χ0) is 14.0. The minimum Gasteiger partial charge on any atom is -0.387 e. The summed E-state index contributed by atoms with van der Waals surface area (Å²) >= 11 is 0. The number of rotatable bonds is 1. The van der Waals surface area contributed by atoms with Crippen molar-refractivity contribution in [2.75, 3.05) is 32.7 Å². The second kappa shape index (κ2) is 5.40. The Morgan fingerprint density at radius 2 is 2.25 bits per heavy atom. The normalized spacial score (nSPS) is 30.5. The zero-order valence-corrected chi connectivity index (χ0v) is 11.5. The first kappa shape index (κ1) is 13.4. The summed E-state index contributed by atoms with van der Waals surface area (Å²) in [5, 5.41) is 10.1.